The van der Waals surface area contributed by atoms with Gasteiger partial charge < -0.3 is 13.9 Å². The maximum absolute atomic E-state index is 14.3. The molecule has 0 saturated heterocycles. The molecule has 0 bridgehead atoms. The zero-order valence-corrected chi connectivity index (χ0v) is 20.5. The number of aryl methyl sites for hydroxylation is 1. The average Bonchev–Trinajstić information content (AvgIpc) is 3.51. The number of aromatic nitrogens is 5. The fraction of sp³-hybridized carbons (Fsp3) is 0.222. The molecule has 0 saturated carbocycles. The monoisotopic (exact) mass is 509 g/mol. The molecule has 0 N–H and O–H groups in total. The van der Waals surface area contributed by atoms with Crippen LogP contribution in [0.3, 0.4) is 0 Å². The number of rotatable bonds is 6. The van der Waals surface area contributed by atoms with Crippen LogP contribution < -0.4 is 4.74 Å². The normalized spacial score (nSPS) is 12.5. The van der Waals surface area contributed by atoms with Gasteiger partial charge in [0.1, 0.15) is 23.1 Å². The first-order valence-electron chi connectivity index (χ1n) is 11.5. The van der Waals surface area contributed by atoms with E-state index >= 15 is 0 Å². The molecule has 0 fully saturated rings. The van der Waals surface area contributed by atoms with Crippen LogP contribution >= 0.6 is 0 Å². The first kappa shape index (κ1) is 24.5. The van der Waals surface area contributed by atoms with Crippen molar-refractivity contribution < 1.29 is 22.3 Å². The molecular formula is C27H23F4N5O. The van der Waals surface area contributed by atoms with Gasteiger partial charge in [-0.3, -0.25) is 0 Å². The quantitative estimate of drug-likeness (QED) is 0.240. The summed E-state index contributed by atoms with van der Waals surface area (Å²) >= 11 is 0. The second kappa shape index (κ2) is 9.34. The number of imidazole rings is 1. The van der Waals surface area contributed by atoms with Gasteiger partial charge in [0.05, 0.1) is 30.9 Å². The van der Waals surface area contributed by atoms with Gasteiger partial charge in [0.15, 0.2) is 5.82 Å². The van der Waals surface area contributed by atoms with Gasteiger partial charge in [-0.1, -0.05) is 6.07 Å². The van der Waals surface area contributed by atoms with Crippen LogP contribution in [-0.2, 0) is 0 Å². The van der Waals surface area contributed by atoms with Crippen molar-refractivity contribution in [2.45, 2.75) is 33.2 Å². The van der Waals surface area contributed by atoms with Crippen molar-refractivity contribution >= 4 is 0 Å². The fourth-order valence-corrected chi connectivity index (χ4v) is 4.35. The van der Waals surface area contributed by atoms with Crippen molar-refractivity contribution in [1.29, 1.82) is 0 Å². The lowest BCUT2D eigenvalue weighted by Crippen LogP contribution is -2.13. The lowest BCUT2D eigenvalue weighted by atomic mass is 10.0. The van der Waals surface area contributed by atoms with Gasteiger partial charge in [-0.05, 0) is 56.7 Å². The molecule has 0 amide bonds. The molecule has 0 aliphatic carbocycles. The third-order valence-electron chi connectivity index (χ3n) is 6.48. The average molecular weight is 510 g/mol. The van der Waals surface area contributed by atoms with E-state index in [2.05, 4.69) is 15.2 Å². The van der Waals surface area contributed by atoms with Gasteiger partial charge in [0.25, 0.3) is 6.43 Å². The Hall–Kier alpha value is -4.21. The first-order valence-corrected chi connectivity index (χ1v) is 11.5. The molecule has 190 valence electrons. The Bertz CT molecular complexity index is 1550. The standard InChI is InChI=1S/C27H23F4N5O/c1-14-11-35(13-32-14)23-6-5-17(10-24(23)37-4)25-20-7-19(26(30)31)12-36(27(20)34-33-25)16(3)18-8-21(28)15(2)22(29)9-18/h5-13,16,26H,1-4H3/t16-/m1/s1. The lowest BCUT2D eigenvalue weighted by Gasteiger charge is -2.22. The number of halogens is 4. The van der Waals surface area contributed by atoms with E-state index in [0.717, 1.165) is 11.4 Å². The Kier molecular flexibility index (Phi) is 6.18. The smallest absolute Gasteiger partial charge is 0.265 e. The van der Waals surface area contributed by atoms with Gasteiger partial charge in [0, 0.05) is 34.6 Å². The molecule has 0 unspecified atom stereocenters. The number of methoxy groups -OCH3 is 1. The van der Waals surface area contributed by atoms with Crippen molar-refractivity contribution in [1.82, 2.24) is 24.3 Å². The number of ether oxygens (including phenoxy) is 1. The second-order valence-electron chi connectivity index (χ2n) is 8.86. The summed E-state index contributed by atoms with van der Waals surface area (Å²) in [6, 6.07) is 8.42. The third-order valence-corrected chi connectivity index (χ3v) is 6.48. The van der Waals surface area contributed by atoms with Crippen LogP contribution in [0, 0.1) is 25.5 Å². The molecule has 5 rings (SSSR count). The van der Waals surface area contributed by atoms with E-state index in [-0.39, 0.29) is 16.7 Å². The molecular weight excluding hydrogens is 486 g/mol. The second-order valence-corrected chi connectivity index (χ2v) is 8.86. The molecule has 1 atom stereocenters. The summed E-state index contributed by atoms with van der Waals surface area (Å²) in [7, 11) is 1.53. The summed E-state index contributed by atoms with van der Waals surface area (Å²) < 4.78 is 65.3. The van der Waals surface area contributed by atoms with E-state index in [9.17, 15) is 17.6 Å². The Morgan fingerprint density at radius 1 is 0.919 bits per heavy atom. The fourth-order valence-electron chi connectivity index (χ4n) is 4.35. The van der Waals surface area contributed by atoms with Crippen LogP contribution in [0.25, 0.3) is 28.3 Å². The first-order chi connectivity index (χ1) is 17.7. The van der Waals surface area contributed by atoms with Crippen LogP contribution in [-0.4, -0.2) is 31.4 Å². The van der Waals surface area contributed by atoms with Gasteiger partial charge >= 0.3 is 0 Å². The minimum absolute atomic E-state index is 0.105. The van der Waals surface area contributed by atoms with Crippen LogP contribution in [0.5, 0.6) is 5.75 Å². The third kappa shape index (κ3) is 4.32. The molecule has 3 heterocycles. The predicted octanol–water partition coefficient (Wildman–Crippen LogP) is 6.69. The molecule has 0 spiro atoms. The zero-order chi connectivity index (χ0) is 26.4. The number of alkyl halides is 2. The molecule has 2 aliphatic heterocycles. The maximum atomic E-state index is 14.3. The van der Waals surface area contributed by atoms with Gasteiger partial charge in [-0.2, -0.15) is 0 Å². The number of pyridine rings is 1. The number of fused-ring (bicyclic) bond motifs is 1. The van der Waals surface area contributed by atoms with Gasteiger partial charge in [-0.15, -0.1) is 10.2 Å². The Balaban J connectivity index is 1.62. The van der Waals surface area contributed by atoms with E-state index in [4.69, 9.17) is 4.74 Å². The minimum atomic E-state index is -2.78. The predicted molar refractivity (Wildman–Crippen MR) is 130 cm³/mol. The SMILES string of the molecule is COc1cc(-c2nnc3n([C@H](C)c4cc(F)c(C)c(F)c4)cc(C(F)F)cc2-3)ccc1-n1cnc(C)c1. The van der Waals surface area contributed by atoms with E-state index in [1.165, 1.54) is 43.0 Å². The van der Waals surface area contributed by atoms with E-state index < -0.39 is 24.1 Å². The largest absolute Gasteiger partial charge is 0.495 e. The molecule has 2 aliphatic rings. The van der Waals surface area contributed by atoms with Crippen LogP contribution in [0.2, 0.25) is 0 Å². The molecule has 3 aromatic rings. The molecule has 6 nitrogen and oxygen atoms in total. The van der Waals surface area contributed by atoms with Crippen LogP contribution in [0.4, 0.5) is 17.6 Å². The lowest BCUT2D eigenvalue weighted by molar-refractivity contribution is 0.150. The summed E-state index contributed by atoms with van der Waals surface area (Å²) in [5.74, 6) is -0.582. The van der Waals surface area contributed by atoms with Crippen LogP contribution in [0.15, 0.2) is 55.1 Å². The van der Waals surface area contributed by atoms with Gasteiger partial charge in [0.2, 0.25) is 0 Å². The Morgan fingerprint density at radius 3 is 2.27 bits per heavy atom. The summed E-state index contributed by atoms with van der Waals surface area (Å²) in [4.78, 5) is 4.24. The Morgan fingerprint density at radius 2 is 1.65 bits per heavy atom. The molecule has 2 aromatic carbocycles. The highest BCUT2D eigenvalue weighted by atomic mass is 19.3. The van der Waals surface area contributed by atoms with Gasteiger partial charge in [-0.25, -0.2) is 22.5 Å². The van der Waals surface area contributed by atoms with Crippen molar-refractivity contribution in [3.63, 3.8) is 0 Å². The van der Waals surface area contributed by atoms with Crippen molar-refractivity contribution in [3.05, 3.63) is 89.1 Å². The van der Waals surface area contributed by atoms with Crippen LogP contribution in [0.1, 0.15) is 41.8 Å². The minimum Gasteiger partial charge on any atom is -0.495 e. The highest BCUT2D eigenvalue weighted by Crippen LogP contribution is 2.39. The maximum Gasteiger partial charge on any atom is 0.265 e. The number of hydrogen-bond acceptors (Lipinski definition) is 4. The summed E-state index contributed by atoms with van der Waals surface area (Å²) in [5.41, 5.74) is 2.87. The highest BCUT2D eigenvalue weighted by molar-refractivity contribution is 5.80. The number of nitrogens with zero attached hydrogens (tertiary/aromatic N) is 5. The Labute approximate surface area is 210 Å². The highest BCUT2D eigenvalue weighted by Gasteiger charge is 2.26. The molecule has 0 radical (unpaired) electrons. The van der Waals surface area contributed by atoms with Crippen molar-refractivity contribution in [2.75, 3.05) is 7.11 Å². The van der Waals surface area contributed by atoms with Crippen molar-refractivity contribution in [2.24, 2.45) is 0 Å². The molecule has 10 heteroatoms. The zero-order valence-electron chi connectivity index (χ0n) is 20.5. The topological polar surface area (TPSA) is 57.8 Å². The van der Waals surface area contributed by atoms with E-state index in [1.807, 2.05) is 23.8 Å². The number of benzene rings is 2. The number of hydrogen-bond donors (Lipinski definition) is 0. The van der Waals surface area contributed by atoms with Crippen molar-refractivity contribution in [3.8, 4) is 34.1 Å². The molecule has 37 heavy (non-hydrogen) atoms. The molecule has 1 aromatic heterocycles. The summed E-state index contributed by atoms with van der Waals surface area (Å²) in [5, 5.41) is 8.56. The van der Waals surface area contributed by atoms with E-state index in [1.54, 1.807) is 25.4 Å². The summed E-state index contributed by atoms with van der Waals surface area (Å²) in [6.45, 7) is 4.88. The van der Waals surface area contributed by atoms with E-state index in [0.29, 0.717) is 28.4 Å². The summed E-state index contributed by atoms with van der Waals surface area (Å²) in [6.07, 6.45) is 1.99.